The molecule has 1 amide bonds. The number of carbonyl (C=O) groups is 1. The lowest BCUT2D eigenvalue weighted by Gasteiger charge is -2.30. The number of halogens is 1. The highest BCUT2D eigenvalue weighted by Gasteiger charge is 2.38. The topological polar surface area (TPSA) is 76.8 Å². The lowest BCUT2D eigenvalue weighted by atomic mass is 10.1. The molecule has 0 spiro atoms. The highest BCUT2D eigenvalue weighted by Crippen LogP contribution is 2.36. The number of nitrogens with zero attached hydrogens (tertiary/aromatic N) is 1. The van der Waals surface area contributed by atoms with Gasteiger partial charge in [-0.25, -0.2) is 8.42 Å². The number of carbonyl (C=O) groups excluding carboxylic acids is 1. The third-order valence-corrected chi connectivity index (χ3v) is 8.13. The Hall–Kier alpha value is -1.71. The Morgan fingerprint density at radius 3 is 2.66 bits per heavy atom. The van der Waals surface area contributed by atoms with Crippen LogP contribution in [0.2, 0.25) is 0 Å². The van der Waals surface area contributed by atoms with Crippen molar-refractivity contribution >= 4 is 48.3 Å². The number of ether oxygens (including phenoxy) is 1. The summed E-state index contributed by atoms with van der Waals surface area (Å²) < 4.78 is 36.1. The molecule has 1 unspecified atom stereocenters. The Bertz CT molecular complexity index is 1030. The molecule has 1 saturated heterocycles. The molecule has 0 aliphatic carbocycles. The van der Waals surface area contributed by atoms with Crippen molar-refractivity contribution in [3.8, 4) is 0 Å². The lowest BCUT2D eigenvalue weighted by Crippen LogP contribution is -2.42. The summed E-state index contributed by atoms with van der Waals surface area (Å²) in [7, 11) is -3.15. The minimum Gasteiger partial charge on any atom is -0.486 e. The van der Waals surface area contributed by atoms with Crippen molar-refractivity contribution in [2.45, 2.75) is 19.0 Å². The Kier molecular flexibility index (Phi) is 6.08. The zero-order valence-electron chi connectivity index (χ0n) is 15.5. The third kappa shape index (κ3) is 4.73. The highest BCUT2D eigenvalue weighted by molar-refractivity contribution is 9.10. The van der Waals surface area contributed by atoms with Gasteiger partial charge in [-0.2, -0.15) is 0 Å². The zero-order chi connectivity index (χ0) is 20.4. The van der Waals surface area contributed by atoms with E-state index in [0.717, 1.165) is 16.2 Å². The molecule has 0 N–H and O–H groups in total. The minimum absolute atomic E-state index is 0.0400. The molecule has 3 heterocycles. The van der Waals surface area contributed by atoms with Crippen LogP contribution in [-0.2, 0) is 25.9 Å². The molecule has 0 radical (unpaired) electrons. The van der Waals surface area contributed by atoms with Gasteiger partial charge in [-0.05, 0) is 40.0 Å². The van der Waals surface area contributed by atoms with Gasteiger partial charge in [-0.15, -0.1) is 11.8 Å². The standard InChI is InChI=1S/C20H20BrNO5S2/c21-17-7-6-16(27-17)12-22(15-8-11-29(24,25)13-15)20(23)18-19(28-10-9-26-18)14-4-2-1-3-5-14/h1-7,15H,8-13H2. The molecule has 1 aromatic carbocycles. The number of amides is 1. The summed E-state index contributed by atoms with van der Waals surface area (Å²) in [6.45, 7) is 0.620. The number of thioether (sulfide) groups is 1. The molecular weight excluding hydrogens is 478 g/mol. The Morgan fingerprint density at radius 1 is 1.21 bits per heavy atom. The van der Waals surface area contributed by atoms with Crippen LogP contribution in [-0.4, -0.2) is 49.1 Å². The van der Waals surface area contributed by atoms with E-state index in [1.54, 1.807) is 28.8 Å². The first-order chi connectivity index (χ1) is 13.9. The van der Waals surface area contributed by atoms with Crippen LogP contribution in [0.5, 0.6) is 0 Å². The van der Waals surface area contributed by atoms with Crippen LogP contribution in [0.15, 0.2) is 57.3 Å². The van der Waals surface area contributed by atoms with E-state index in [4.69, 9.17) is 9.15 Å². The van der Waals surface area contributed by atoms with Crippen LogP contribution in [0.3, 0.4) is 0 Å². The number of sulfone groups is 1. The van der Waals surface area contributed by atoms with E-state index in [9.17, 15) is 13.2 Å². The van der Waals surface area contributed by atoms with E-state index in [-0.39, 0.29) is 29.7 Å². The second-order valence-electron chi connectivity index (χ2n) is 6.92. The predicted octanol–water partition coefficient (Wildman–Crippen LogP) is 3.69. The average Bonchev–Trinajstić information content (AvgIpc) is 3.30. The highest BCUT2D eigenvalue weighted by atomic mass is 79.9. The largest absolute Gasteiger partial charge is 0.486 e. The Labute approximate surface area is 182 Å². The molecule has 2 aromatic rings. The van der Waals surface area contributed by atoms with Crippen LogP contribution in [0.4, 0.5) is 0 Å². The van der Waals surface area contributed by atoms with Crippen molar-refractivity contribution in [2.75, 3.05) is 23.9 Å². The molecule has 0 saturated carbocycles. The smallest absolute Gasteiger partial charge is 0.290 e. The Balaban J connectivity index is 1.70. The molecule has 9 heteroatoms. The Morgan fingerprint density at radius 2 is 2.00 bits per heavy atom. The molecular formula is C20H20BrNO5S2. The van der Waals surface area contributed by atoms with E-state index in [2.05, 4.69) is 15.9 Å². The second kappa shape index (κ2) is 8.57. The first kappa shape index (κ1) is 20.6. The van der Waals surface area contributed by atoms with Crippen LogP contribution >= 0.6 is 27.7 Å². The van der Waals surface area contributed by atoms with E-state index >= 15 is 0 Å². The van der Waals surface area contributed by atoms with Crippen molar-refractivity contribution in [1.82, 2.24) is 4.90 Å². The maximum Gasteiger partial charge on any atom is 0.290 e. The van der Waals surface area contributed by atoms with Crippen LogP contribution in [0.1, 0.15) is 17.7 Å². The van der Waals surface area contributed by atoms with E-state index < -0.39 is 15.9 Å². The molecule has 154 valence electrons. The van der Waals surface area contributed by atoms with Crippen molar-refractivity contribution < 1.29 is 22.4 Å². The van der Waals surface area contributed by atoms with Crippen LogP contribution in [0, 0.1) is 0 Å². The van der Waals surface area contributed by atoms with Gasteiger partial charge in [0.05, 0.1) is 29.6 Å². The van der Waals surface area contributed by atoms with E-state index in [0.29, 0.717) is 23.5 Å². The molecule has 1 aromatic heterocycles. The first-order valence-electron chi connectivity index (χ1n) is 9.24. The maximum atomic E-state index is 13.6. The molecule has 1 fully saturated rings. The number of hydrogen-bond donors (Lipinski definition) is 0. The van der Waals surface area contributed by atoms with Gasteiger partial charge >= 0.3 is 0 Å². The van der Waals surface area contributed by atoms with Gasteiger partial charge in [-0.1, -0.05) is 30.3 Å². The minimum atomic E-state index is -3.15. The van der Waals surface area contributed by atoms with Gasteiger partial charge < -0.3 is 14.1 Å². The fraction of sp³-hybridized carbons (Fsp3) is 0.350. The van der Waals surface area contributed by atoms with E-state index in [1.807, 2.05) is 30.3 Å². The van der Waals surface area contributed by atoms with Gasteiger partial charge in [0, 0.05) is 11.8 Å². The molecule has 29 heavy (non-hydrogen) atoms. The fourth-order valence-corrected chi connectivity index (χ4v) is 6.53. The zero-order valence-corrected chi connectivity index (χ0v) is 18.8. The number of hydrogen-bond acceptors (Lipinski definition) is 6. The van der Waals surface area contributed by atoms with Gasteiger partial charge in [0.1, 0.15) is 5.76 Å². The summed E-state index contributed by atoms with van der Waals surface area (Å²) in [5, 5.41) is 0. The summed E-state index contributed by atoms with van der Waals surface area (Å²) in [4.78, 5) is 15.9. The lowest BCUT2D eigenvalue weighted by molar-refractivity contribution is -0.133. The SMILES string of the molecule is O=C(C1=C(c2ccccc2)SCCO1)N(Cc1ccc(Br)o1)C1CCS(=O)(=O)C1. The first-order valence-corrected chi connectivity index (χ1v) is 12.8. The normalized spacial score (nSPS) is 21.1. The maximum absolute atomic E-state index is 13.6. The number of benzene rings is 1. The molecule has 4 rings (SSSR count). The summed E-state index contributed by atoms with van der Waals surface area (Å²) in [5.74, 6) is 1.36. The second-order valence-corrected chi connectivity index (χ2v) is 11.0. The molecule has 6 nitrogen and oxygen atoms in total. The van der Waals surface area contributed by atoms with Crippen molar-refractivity contribution in [1.29, 1.82) is 0 Å². The van der Waals surface area contributed by atoms with Gasteiger partial charge in [-0.3, -0.25) is 4.79 Å². The van der Waals surface area contributed by atoms with Crippen molar-refractivity contribution in [2.24, 2.45) is 0 Å². The summed E-state index contributed by atoms with van der Waals surface area (Å²) >= 11 is 4.85. The predicted molar refractivity (Wildman–Crippen MR) is 116 cm³/mol. The van der Waals surface area contributed by atoms with E-state index in [1.165, 1.54) is 0 Å². The molecule has 0 bridgehead atoms. The summed E-state index contributed by atoms with van der Waals surface area (Å²) in [5.41, 5.74) is 0.917. The fourth-order valence-electron chi connectivity index (χ4n) is 3.50. The van der Waals surface area contributed by atoms with Crippen molar-refractivity contribution in [3.63, 3.8) is 0 Å². The summed E-state index contributed by atoms with van der Waals surface area (Å²) in [6.07, 6.45) is 0.414. The van der Waals surface area contributed by atoms with Crippen LogP contribution in [0.25, 0.3) is 4.91 Å². The quantitative estimate of drug-likeness (QED) is 0.626. The third-order valence-electron chi connectivity index (χ3n) is 4.88. The van der Waals surface area contributed by atoms with Gasteiger partial charge in [0.15, 0.2) is 20.3 Å². The summed E-state index contributed by atoms with van der Waals surface area (Å²) in [6, 6.07) is 12.8. The van der Waals surface area contributed by atoms with Gasteiger partial charge in [0.2, 0.25) is 0 Å². The molecule has 2 aliphatic heterocycles. The van der Waals surface area contributed by atoms with Crippen LogP contribution < -0.4 is 0 Å². The monoisotopic (exact) mass is 497 g/mol. The molecule has 2 aliphatic rings. The number of furan rings is 1. The molecule has 1 atom stereocenters. The average molecular weight is 498 g/mol. The number of rotatable bonds is 5. The van der Waals surface area contributed by atoms with Gasteiger partial charge in [0.25, 0.3) is 5.91 Å². The van der Waals surface area contributed by atoms with Crippen molar-refractivity contribution in [3.05, 3.63) is 64.2 Å².